The lowest BCUT2D eigenvalue weighted by Gasteiger charge is -2.13. The minimum absolute atomic E-state index is 0.254. The Kier molecular flexibility index (Phi) is 4.71. The van der Waals surface area contributed by atoms with Crippen molar-refractivity contribution < 1.29 is 13.2 Å². The van der Waals surface area contributed by atoms with Gasteiger partial charge in [0.15, 0.2) is 6.29 Å². The van der Waals surface area contributed by atoms with Gasteiger partial charge in [0, 0.05) is 33.6 Å². The molecular weight excluding hydrogens is 356 g/mol. The van der Waals surface area contributed by atoms with Crippen LogP contribution in [0, 0.1) is 0 Å². The largest absolute Gasteiger partial charge is 0.344 e. The zero-order valence-corrected chi connectivity index (χ0v) is 15.9. The standard InChI is InChI=1S/C18H20N2O3S2/c1-4-12(2)20-10-16(18-13(11-21)7-8-24-18)15-6-5-14(9-17(15)20)19-25(3,22)23/h5-12,19H,4H2,1-3H3/t12-/m0/s1. The molecule has 0 spiro atoms. The van der Waals surface area contributed by atoms with Gasteiger partial charge >= 0.3 is 0 Å². The van der Waals surface area contributed by atoms with Crippen LogP contribution in [0.1, 0.15) is 36.7 Å². The van der Waals surface area contributed by atoms with Crippen LogP contribution in [0.3, 0.4) is 0 Å². The van der Waals surface area contributed by atoms with Crippen LogP contribution in [0.5, 0.6) is 0 Å². The van der Waals surface area contributed by atoms with E-state index < -0.39 is 10.0 Å². The molecule has 0 fully saturated rings. The Morgan fingerprint density at radius 2 is 2.08 bits per heavy atom. The van der Waals surface area contributed by atoms with Gasteiger partial charge in [-0.1, -0.05) is 13.0 Å². The van der Waals surface area contributed by atoms with Crippen LogP contribution in [0.25, 0.3) is 21.3 Å². The second kappa shape index (κ2) is 6.65. The van der Waals surface area contributed by atoms with Crippen molar-refractivity contribution in [1.82, 2.24) is 4.57 Å². The number of aromatic nitrogens is 1. The summed E-state index contributed by atoms with van der Waals surface area (Å²) in [6.07, 6.45) is 5.01. The van der Waals surface area contributed by atoms with Crippen molar-refractivity contribution in [3.63, 3.8) is 0 Å². The predicted octanol–water partition coefficient (Wildman–Crippen LogP) is 4.52. The first kappa shape index (κ1) is 17.7. The molecule has 3 aromatic rings. The normalized spacial score (nSPS) is 13.1. The number of nitrogens with one attached hydrogen (secondary N) is 1. The summed E-state index contributed by atoms with van der Waals surface area (Å²) < 4.78 is 27.7. The Hall–Kier alpha value is -2.12. The molecular formula is C18H20N2O3S2. The first-order chi connectivity index (χ1) is 11.8. The molecule has 0 saturated carbocycles. The monoisotopic (exact) mass is 376 g/mol. The topological polar surface area (TPSA) is 68.2 Å². The molecule has 0 radical (unpaired) electrons. The van der Waals surface area contributed by atoms with E-state index in [4.69, 9.17) is 0 Å². The van der Waals surface area contributed by atoms with Crippen LogP contribution in [-0.2, 0) is 10.0 Å². The van der Waals surface area contributed by atoms with Crippen molar-refractivity contribution in [2.24, 2.45) is 0 Å². The molecule has 1 atom stereocenters. The highest BCUT2D eigenvalue weighted by Crippen LogP contribution is 2.38. The Morgan fingerprint density at radius 1 is 1.32 bits per heavy atom. The number of sulfonamides is 1. The van der Waals surface area contributed by atoms with Crippen LogP contribution in [0.4, 0.5) is 5.69 Å². The zero-order chi connectivity index (χ0) is 18.2. The SMILES string of the molecule is CC[C@H](C)n1cc(-c2sccc2C=O)c2ccc(NS(C)(=O)=O)cc21. The fourth-order valence-electron chi connectivity index (χ4n) is 2.90. The van der Waals surface area contributed by atoms with Gasteiger partial charge in [-0.25, -0.2) is 8.42 Å². The van der Waals surface area contributed by atoms with Gasteiger partial charge in [0.05, 0.1) is 17.5 Å². The number of thiophene rings is 1. The highest BCUT2D eigenvalue weighted by Gasteiger charge is 2.17. The van der Waals surface area contributed by atoms with Crippen molar-refractivity contribution in [2.75, 3.05) is 11.0 Å². The Bertz CT molecular complexity index is 1030. The number of rotatable bonds is 6. The smallest absolute Gasteiger partial charge is 0.229 e. The summed E-state index contributed by atoms with van der Waals surface area (Å²) in [6, 6.07) is 7.58. The third-order valence-corrected chi connectivity index (χ3v) is 5.84. The quantitative estimate of drug-likeness (QED) is 0.643. The molecule has 3 rings (SSSR count). The maximum Gasteiger partial charge on any atom is 0.229 e. The molecule has 132 valence electrons. The van der Waals surface area contributed by atoms with E-state index in [0.717, 1.165) is 40.3 Å². The second-order valence-corrected chi connectivity index (χ2v) is 8.80. The molecule has 1 N–H and O–H groups in total. The molecule has 0 aliphatic heterocycles. The number of hydrogen-bond donors (Lipinski definition) is 1. The summed E-state index contributed by atoms with van der Waals surface area (Å²) in [5.74, 6) is 0. The van der Waals surface area contributed by atoms with Crippen molar-refractivity contribution in [2.45, 2.75) is 26.3 Å². The zero-order valence-electron chi connectivity index (χ0n) is 14.3. The first-order valence-corrected chi connectivity index (χ1v) is 10.8. The lowest BCUT2D eigenvalue weighted by Crippen LogP contribution is -2.09. The number of benzene rings is 1. The van der Waals surface area contributed by atoms with Gasteiger partial charge in [-0.2, -0.15) is 0 Å². The lowest BCUT2D eigenvalue weighted by molar-refractivity contribution is 0.112. The molecule has 1 aromatic carbocycles. The Labute approximate surface area is 151 Å². The molecule has 5 nitrogen and oxygen atoms in total. The molecule has 2 heterocycles. The number of hydrogen-bond acceptors (Lipinski definition) is 4. The molecule has 0 bridgehead atoms. The molecule has 2 aromatic heterocycles. The van der Waals surface area contributed by atoms with E-state index in [1.165, 1.54) is 11.3 Å². The number of anilines is 1. The van der Waals surface area contributed by atoms with Crippen molar-refractivity contribution in [1.29, 1.82) is 0 Å². The summed E-state index contributed by atoms with van der Waals surface area (Å²) in [4.78, 5) is 12.3. The fourth-order valence-corrected chi connectivity index (χ4v) is 4.35. The summed E-state index contributed by atoms with van der Waals surface area (Å²) >= 11 is 1.53. The fraction of sp³-hybridized carbons (Fsp3) is 0.278. The number of carbonyl (C=O) groups is 1. The van der Waals surface area contributed by atoms with Gasteiger partial charge in [-0.15, -0.1) is 11.3 Å². The molecule has 7 heteroatoms. The maximum atomic E-state index is 11.5. The molecule has 0 unspecified atom stereocenters. The van der Waals surface area contributed by atoms with Crippen LogP contribution < -0.4 is 4.72 Å². The highest BCUT2D eigenvalue weighted by molar-refractivity contribution is 7.92. The number of carbonyl (C=O) groups excluding carboxylic acids is 1. The van der Waals surface area contributed by atoms with Gasteiger partial charge in [0.25, 0.3) is 0 Å². The van der Waals surface area contributed by atoms with Crippen LogP contribution in [0.15, 0.2) is 35.8 Å². The molecule has 0 aliphatic rings. The van der Waals surface area contributed by atoms with Crippen molar-refractivity contribution >= 4 is 44.2 Å². The third-order valence-electron chi connectivity index (χ3n) is 4.27. The van der Waals surface area contributed by atoms with Crippen LogP contribution in [0.2, 0.25) is 0 Å². The Morgan fingerprint density at radius 3 is 2.72 bits per heavy atom. The van der Waals surface area contributed by atoms with E-state index >= 15 is 0 Å². The maximum absolute atomic E-state index is 11.5. The van der Waals surface area contributed by atoms with Gasteiger partial charge in [-0.05, 0) is 36.9 Å². The minimum atomic E-state index is -3.34. The predicted molar refractivity (Wildman–Crippen MR) is 104 cm³/mol. The molecule has 0 amide bonds. The molecule has 0 aliphatic carbocycles. The number of nitrogens with zero attached hydrogens (tertiary/aromatic N) is 1. The van der Waals surface area contributed by atoms with Gasteiger partial charge in [0.1, 0.15) is 0 Å². The third kappa shape index (κ3) is 3.48. The first-order valence-electron chi connectivity index (χ1n) is 7.99. The summed E-state index contributed by atoms with van der Waals surface area (Å²) in [6.45, 7) is 4.23. The number of aldehydes is 1. The van der Waals surface area contributed by atoms with Gasteiger partial charge < -0.3 is 4.57 Å². The second-order valence-electron chi connectivity index (χ2n) is 6.14. The van der Waals surface area contributed by atoms with Gasteiger partial charge in [0.2, 0.25) is 10.0 Å². The summed E-state index contributed by atoms with van der Waals surface area (Å²) in [5.41, 5.74) is 3.15. The van der Waals surface area contributed by atoms with E-state index in [1.807, 2.05) is 23.6 Å². The number of fused-ring (bicyclic) bond motifs is 1. The average molecular weight is 377 g/mol. The van der Waals surface area contributed by atoms with Crippen LogP contribution >= 0.6 is 11.3 Å². The van der Waals surface area contributed by atoms with Crippen LogP contribution in [-0.4, -0.2) is 25.5 Å². The van der Waals surface area contributed by atoms with E-state index in [1.54, 1.807) is 6.07 Å². The minimum Gasteiger partial charge on any atom is -0.344 e. The summed E-state index contributed by atoms with van der Waals surface area (Å²) in [5, 5.41) is 2.91. The van der Waals surface area contributed by atoms with E-state index in [2.05, 4.69) is 29.3 Å². The van der Waals surface area contributed by atoms with E-state index in [0.29, 0.717) is 11.3 Å². The van der Waals surface area contributed by atoms with E-state index in [-0.39, 0.29) is 6.04 Å². The van der Waals surface area contributed by atoms with Crippen molar-refractivity contribution in [3.05, 3.63) is 41.4 Å². The lowest BCUT2D eigenvalue weighted by atomic mass is 10.1. The molecule has 25 heavy (non-hydrogen) atoms. The van der Waals surface area contributed by atoms with Crippen molar-refractivity contribution in [3.8, 4) is 10.4 Å². The highest BCUT2D eigenvalue weighted by atomic mass is 32.2. The van der Waals surface area contributed by atoms with E-state index in [9.17, 15) is 13.2 Å². The Balaban J connectivity index is 2.24. The summed E-state index contributed by atoms with van der Waals surface area (Å²) in [7, 11) is -3.34. The van der Waals surface area contributed by atoms with Gasteiger partial charge in [-0.3, -0.25) is 9.52 Å². The average Bonchev–Trinajstić information content (AvgIpc) is 3.15. The molecule has 0 saturated heterocycles.